The van der Waals surface area contributed by atoms with Gasteiger partial charge in [-0.3, -0.25) is 9.78 Å². The van der Waals surface area contributed by atoms with Crippen molar-refractivity contribution in [3.05, 3.63) is 63.1 Å². The molecule has 166 valence electrons. The highest BCUT2D eigenvalue weighted by atomic mass is 35.5. The Morgan fingerprint density at radius 2 is 1.97 bits per heavy atom. The smallest absolute Gasteiger partial charge is 0.352 e. The van der Waals surface area contributed by atoms with E-state index in [9.17, 15) is 22.8 Å². The largest absolute Gasteiger partial charge is 0.433 e. The Kier molecular flexibility index (Phi) is 6.07. The highest BCUT2D eigenvalue weighted by Gasteiger charge is 2.52. The third-order valence-corrected chi connectivity index (χ3v) is 6.04. The molecule has 3 amide bonds. The molecule has 1 aliphatic rings. The Labute approximate surface area is 184 Å². The first-order valence-corrected chi connectivity index (χ1v) is 9.66. The van der Waals surface area contributed by atoms with E-state index in [0.29, 0.717) is 6.07 Å². The maximum absolute atomic E-state index is 15.2. The van der Waals surface area contributed by atoms with Gasteiger partial charge in [0, 0.05) is 25.2 Å². The number of nitrogens with one attached hydrogen (secondary N) is 1. The van der Waals surface area contributed by atoms with Crippen molar-refractivity contribution in [3.63, 3.8) is 0 Å². The van der Waals surface area contributed by atoms with E-state index in [1.807, 2.05) is 0 Å². The minimum Gasteiger partial charge on any atom is -0.352 e. The Bertz CT molecular complexity index is 1030. The van der Waals surface area contributed by atoms with Crippen LogP contribution in [0, 0.1) is 5.82 Å². The molecule has 1 fully saturated rings. The van der Waals surface area contributed by atoms with Crippen LogP contribution in [0.4, 0.5) is 22.4 Å². The molecule has 0 radical (unpaired) electrons. The summed E-state index contributed by atoms with van der Waals surface area (Å²) in [7, 11) is 0. The number of aromatic nitrogens is 1. The zero-order valence-corrected chi connectivity index (χ0v) is 17.4. The number of amides is 3. The fraction of sp³-hybridized carbons (Fsp3) is 0.316. The Morgan fingerprint density at radius 3 is 2.52 bits per heavy atom. The molecule has 0 bridgehead atoms. The van der Waals surface area contributed by atoms with Gasteiger partial charge in [-0.15, -0.1) is 0 Å². The van der Waals surface area contributed by atoms with E-state index in [-0.39, 0.29) is 29.2 Å². The number of halogens is 6. The van der Waals surface area contributed by atoms with Gasteiger partial charge in [0.2, 0.25) is 5.91 Å². The molecule has 3 N–H and O–H groups in total. The second-order valence-corrected chi connectivity index (χ2v) is 7.85. The summed E-state index contributed by atoms with van der Waals surface area (Å²) < 4.78 is 54.1. The van der Waals surface area contributed by atoms with Gasteiger partial charge >= 0.3 is 12.2 Å². The van der Waals surface area contributed by atoms with Crippen LogP contribution in [0.3, 0.4) is 0 Å². The number of primary amides is 1. The van der Waals surface area contributed by atoms with Crippen LogP contribution in [-0.2, 0) is 11.0 Å². The Morgan fingerprint density at radius 1 is 1.29 bits per heavy atom. The summed E-state index contributed by atoms with van der Waals surface area (Å²) in [6.45, 7) is 1.45. The summed E-state index contributed by atoms with van der Waals surface area (Å²) in [6.07, 6.45) is -3.82. The van der Waals surface area contributed by atoms with E-state index in [1.54, 1.807) is 0 Å². The number of benzene rings is 1. The second-order valence-electron chi connectivity index (χ2n) is 7.07. The van der Waals surface area contributed by atoms with Gasteiger partial charge in [-0.05, 0) is 30.2 Å². The number of pyridine rings is 1. The molecule has 2 atom stereocenters. The summed E-state index contributed by atoms with van der Waals surface area (Å²) in [5.74, 6) is -2.96. The second kappa shape index (κ2) is 8.16. The van der Waals surface area contributed by atoms with Gasteiger partial charge in [-0.1, -0.05) is 35.3 Å². The Hall–Kier alpha value is -2.59. The molecule has 2 aromatic rings. The van der Waals surface area contributed by atoms with Crippen molar-refractivity contribution in [3.8, 4) is 0 Å². The third-order valence-electron chi connectivity index (χ3n) is 5.26. The number of carbonyl (C=O) groups excluding carboxylic acids is 2. The zero-order chi connectivity index (χ0) is 23.1. The molecule has 0 saturated carbocycles. The van der Waals surface area contributed by atoms with E-state index in [4.69, 9.17) is 28.9 Å². The maximum Gasteiger partial charge on any atom is 0.433 e. The SMILES string of the molecule is CC1([C@@H](c2ccc(C(F)(F)F)nc2)c2ccc(Cl)c(Cl)c2F)C(=O)NCCN1C(N)=O. The predicted molar refractivity (Wildman–Crippen MR) is 105 cm³/mol. The molecule has 2 heterocycles. The molecule has 12 heteroatoms. The first-order valence-electron chi connectivity index (χ1n) is 8.91. The molecule has 1 aliphatic heterocycles. The first-order chi connectivity index (χ1) is 14.4. The molecule has 1 saturated heterocycles. The lowest BCUT2D eigenvalue weighted by Gasteiger charge is -2.47. The van der Waals surface area contributed by atoms with Crippen molar-refractivity contribution in [2.75, 3.05) is 13.1 Å². The van der Waals surface area contributed by atoms with Gasteiger partial charge < -0.3 is 16.0 Å². The lowest BCUT2D eigenvalue weighted by Crippen LogP contribution is -2.68. The van der Waals surface area contributed by atoms with Gasteiger partial charge in [0.15, 0.2) is 0 Å². The van der Waals surface area contributed by atoms with E-state index in [2.05, 4.69) is 10.3 Å². The zero-order valence-electron chi connectivity index (χ0n) is 15.9. The summed E-state index contributed by atoms with van der Waals surface area (Å²) in [5, 5.41) is 2.05. The Balaban J connectivity index is 2.28. The van der Waals surface area contributed by atoms with Gasteiger partial charge in [-0.25, -0.2) is 9.18 Å². The normalized spacial score (nSPS) is 20.4. The maximum atomic E-state index is 15.2. The molecular weight excluding hydrogens is 463 g/mol. The van der Waals surface area contributed by atoms with Gasteiger partial charge in [0.25, 0.3) is 0 Å². The van der Waals surface area contributed by atoms with Crippen molar-refractivity contribution in [2.45, 2.75) is 24.6 Å². The van der Waals surface area contributed by atoms with Crippen LogP contribution < -0.4 is 11.1 Å². The average Bonchev–Trinajstić information content (AvgIpc) is 2.70. The number of hydrogen-bond donors (Lipinski definition) is 2. The quantitative estimate of drug-likeness (QED) is 0.517. The highest BCUT2D eigenvalue weighted by Crippen LogP contribution is 2.43. The monoisotopic (exact) mass is 478 g/mol. The summed E-state index contributed by atoms with van der Waals surface area (Å²) in [4.78, 5) is 29.6. The molecular formula is C19H16Cl2F4N4O2. The minimum absolute atomic E-state index is 0.00504. The number of alkyl halides is 3. The summed E-state index contributed by atoms with van der Waals surface area (Å²) in [5.41, 5.74) is 2.37. The van der Waals surface area contributed by atoms with Crippen molar-refractivity contribution >= 4 is 35.1 Å². The minimum atomic E-state index is -4.70. The van der Waals surface area contributed by atoms with Crippen LogP contribution in [0.2, 0.25) is 10.0 Å². The molecule has 3 rings (SSSR count). The van der Waals surface area contributed by atoms with Crippen LogP contribution in [-0.4, -0.2) is 40.5 Å². The van der Waals surface area contributed by atoms with Gasteiger partial charge in [0.1, 0.15) is 17.1 Å². The highest BCUT2D eigenvalue weighted by molar-refractivity contribution is 6.42. The number of piperazine rings is 1. The van der Waals surface area contributed by atoms with E-state index < -0.39 is 46.1 Å². The van der Waals surface area contributed by atoms with E-state index >= 15 is 4.39 Å². The molecule has 31 heavy (non-hydrogen) atoms. The number of hydrogen-bond acceptors (Lipinski definition) is 3. The van der Waals surface area contributed by atoms with E-state index in [0.717, 1.165) is 17.2 Å². The van der Waals surface area contributed by atoms with Crippen LogP contribution in [0.5, 0.6) is 0 Å². The van der Waals surface area contributed by atoms with Crippen molar-refractivity contribution in [2.24, 2.45) is 5.73 Å². The van der Waals surface area contributed by atoms with Crippen LogP contribution in [0.1, 0.15) is 29.7 Å². The van der Waals surface area contributed by atoms with E-state index in [1.165, 1.54) is 19.1 Å². The van der Waals surface area contributed by atoms with Crippen molar-refractivity contribution in [1.82, 2.24) is 15.2 Å². The molecule has 1 aromatic carbocycles. The molecule has 1 unspecified atom stereocenters. The number of carbonyl (C=O) groups is 2. The van der Waals surface area contributed by atoms with Gasteiger partial charge in [0.05, 0.1) is 10.0 Å². The number of nitrogens with two attached hydrogens (primary N) is 1. The summed E-state index contributed by atoms with van der Waals surface area (Å²) in [6, 6.07) is 3.34. The lowest BCUT2D eigenvalue weighted by molar-refractivity contribution is -0.141. The fourth-order valence-corrected chi connectivity index (χ4v) is 4.07. The standard InChI is InChI=1S/C19H16Cl2F4N4O2/c1-18(16(30)27-6-7-29(18)17(26)31)13(10-3-4-11(20)14(21)15(10)22)9-2-5-12(28-8-9)19(23,24)25/h2-5,8,13H,6-7H2,1H3,(H2,26,31)(H,27,30)/t13-,18?/m0/s1. The first kappa shape index (κ1) is 23.1. The van der Waals surface area contributed by atoms with Gasteiger partial charge in [-0.2, -0.15) is 13.2 Å². The molecule has 1 aromatic heterocycles. The number of rotatable bonds is 3. The van der Waals surface area contributed by atoms with Crippen LogP contribution in [0.25, 0.3) is 0 Å². The predicted octanol–water partition coefficient (Wildman–Crippen LogP) is 3.95. The molecule has 0 aliphatic carbocycles. The number of urea groups is 1. The topological polar surface area (TPSA) is 88.3 Å². The fourth-order valence-electron chi connectivity index (χ4n) is 3.76. The number of nitrogens with zero attached hydrogens (tertiary/aromatic N) is 2. The molecule has 0 spiro atoms. The van der Waals surface area contributed by atoms with Crippen LogP contribution in [0.15, 0.2) is 30.5 Å². The van der Waals surface area contributed by atoms with Crippen molar-refractivity contribution < 1.29 is 27.2 Å². The average molecular weight is 479 g/mol. The van der Waals surface area contributed by atoms with Crippen LogP contribution >= 0.6 is 23.2 Å². The summed E-state index contributed by atoms with van der Waals surface area (Å²) >= 11 is 11.8. The van der Waals surface area contributed by atoms with Crippen molar-refractivity contribution in [1.29, 1.82) is 0 Å². The molecule has 6 nitrogen and oxygen atoms in total. The third kappa shape index (κ3) is 4.01. The lowest BCUT2D eigenvalue weighted by atomic mass is 9.73.